The minimum Gasteiger partial charge on any atom is -0.481 e. The van der Waals surface area contributed by atoms with Crippen molar-refractivity contribution < 1.29 is 14.7 Å². The van der Waals surface area contributed by atoms with Crippen LogP contribution in [0.2, 0.25) is 0 Å². The van der Waals surface area contributed by atoms with Crippen LogP contribution < -0.4 is 5.32 Å². The predicted molar refractivity (Wildman–Crippen MR) is 64.9 cm³/mol. The van der Waals surface area contributed by atoms with E-state index in [2.05, 4.69) is 10.4 Å². The Morgan fingerprint density at radius 1 is 1.56 bits per heavy atom. The molecule has 0 aliphatic carbocycles. The van der Waals surface area contributed by atoms with Gasteiger partial charge >= 0.3 is 12.0 Å². The molecule has 1 rings (SSSR count). The molecule has 0 spiro atoms. The van der Waals surface area contributed by atoms with Gasteiger partial charge in [-0.2, -0.15) is 5.10 Å². The number of hydrogen-bond donors (Lipinski definition) is 2. The van der Waals surface area contributed by atoms with Crippen LogP contribution in [-0.4, -0.2) is 45.4 Å². The zero-order valence-corrected chi connectivity index (χ0v) is 10.6. The number of urea groups is 1. The predicted octanol–water partition coefficient (Wildman–Crippen LogP) is 0.426. The van der Waals surface area contributed by atoms with Gasteiger partial charge < -0.3 is 15.3 Å². The van der Waals surface area contributed by atoms with Crippen molar-refractivity contribution in [3.63, 3.8) is 0 Å². The summed E-state index contributed by atoms with van der Waals surface area (Å²) in [7, 11) is 3.44. The second-order valence-electron chi connectivity index (χ2n) is 4.06. The van der Waals surface area contributed by atoms with E-state index in [4.69, 9.17) is 5.11 Å². The van der Waals surface area contributed by atoms with Gasteiger partial charge in [-0.05, 0) is 12.5 Å². The maximum absolute atomic E-state index is 11.6. The lowest BCUT2D eigenvalue weighted by molar-refractivity contribution is -0.137. The molecule has 1 aromatic rings. The smallest absolute Gasteiger partial charge is 0.317 e. The summed E-state index contributed by atoms with van der Waals surface area (Å²) < 4.78 is 1.66. The zero-order chi connectivity index (χ0) is 13.5. The molecule has 0 radical (unpaired) electrons. The van der Waals surface area contributed by atoms with Gasteiger partial charge in [-0.3, -0.25) is 9.48 Å². The highest BCUT2D eigenvalue weighted by molar-refractivity contribution is 5.73. The van der Waals surface area contributed by atoms with Crippen molar-refractivity contribution >= 4 is 12.0 Å². The van der Waals surface area contributed by atoms with Gasteiger partial charge in [0, 0.05) is 33.3 Å². The molecule has 1 heterocycles. The first-order valence-electron chi connectivity index (χ1n) is 5.68. The molecule has 0 aromatic carbocycles. The molecule has 18 heavy (non-hydrogen) atoms. The third kappa shape index (κ3) is 4.86. The Hall–Kier alpha value is -2.05. The van der Waals surface area contributed by atoms with Crippen molar-refractivity contribution in [3.8, 4) is 0 Å². The maximum atomic E-state index is 11.6. The number of carbonyl (C=O) groups is 2. The van der Waals surface area contributed by atoms with Crippen LogP contribution in [0.15, 0.2) is 12.3 Å². The highest BCUT2D eigenvalue weighted by Crippen LogP contribution is 1.96. The maximum Gasteiger partial charge on any atom is 0.317 e. The van der Waals surface area contributed by atoms with Crippen LogP contribution in [0.4, 0.5) is 4.79 Å². The van der Waals surface area contributed by atoms with Crippen LogP contribution in [0.25, 0.3) is 0 Å². The normalized spacial score (nSPS) is 10.1. The molecule has 0 aliphatic rings. The minimum absolute atomic E-state index is 0.0673. The summed E-state index contributed by atoms with van der Waals surface area (Å²) in [5.74, 6) is -0.850. The Morgan fingerprint density at radius 3 is 2.83 bits per heavy atom. The Bertz CT molecular complexity index is 416. The van der Waals surface area contributed by atoms with Gasteiger partial charge in [-0.15, -0.1) is 0 Å². The van der Waals surface area contributed by atoms with E-state index in [1.54, 1.807) is 17.9 Å². The van der Waals surface area contributed by atoms with Crippen molar-refractivity contribution in [1.82, 2.24) is 20.0 Å². The van der Waals surface area contributed by atoms with Crippen LogP contribution >= 0.6 is 0 Å². The lowest BCUT2D eigenvalue weighted by Crippen LogP contribution is -2.37. The average molecular weight is 254 g/mol. The highest BCUT2D eigenvalue weighted by atomic mass is 16.4. The molecule has 7 heteroatoms. The molecule has 0 aliphatic heterocycles. The summed E-state index contributed by atoms with van der Waals surface area (Å²) in [5.41, 5.74) is 0.782. The third-order valence-electron chi connectivity index (χ3n) is 2.42. The molecule has 1 aromatic heterocycles. The second-order valence-corrected chi connectivity index (χ2v) is 4.06. The third-order valence-corrected chi connectivity index (χ3v) is 2.42. The number of rotatable bonds is 6. The van der Waals surface area contributed by atoms with Crippen LogP contribution in [0.3, 0.4) is 0 Å². The summed E-state index contributed by atoms with van der Waals surface area (Å²) in [5, 5.41) is 15.3. The second kappa shape index (κ2) is 6.63. The van der Waals surface area contributed by atoms with E-state index in [0.29, 0.717) is 19.5 Å². The number of carboxylic acids is 1. The van der Waals surface area contributed by atoms with E-state index in [-0.39, 0.29) is 12.5 Å². The fraction of sp³-hybridized carbons (Fsp3) is 0.545. The summed E-state index contributed by atoms with van der Waals surface area (Å²) in [4.78, 5) is 23.4. The van der Waals surface area contributed by atoms with E-state index >= 15 is 0 Å². The fourth-order valence-corrected chi connectivity index (χ4v) is 1.43. The first-order chi connectivity index (χ1) is 8.49. The molecule has 0 saturated carbocycles. The molecule has 2 amide bonds. The number of aliphatic carboxylic acids is 1. The van der Waals surface area contributed by atoms with Crippen LogP contribution in [0, 0.1) is 0 Å². The van der Waals surface area contributed by atoms with E-state index in [0.717, 1.165) is 5.69 Å². The zero-order valence-electron chi connectivity index (χ0n) is 10.6. The van der Waals surface area contributed by atoms with Crippen molar-refractivity contribution in [2.45, 2.75) is 19.4 Å². The Morgan fingerprint density at radius 2 is 2.28 bits per heavy atom. The number of amides is 2. The highest BCUT2D eigenvalue weighted by Gasteiger charge is 2.09. The van der Waals surface area contributed by atoms with Gasteiger partial charge in [0.25, 0.3) is 0 Å². The summed E-state index contributed by atoms with van der Waals surface area (Å²) >= 11 is 0. The molecule has 100 valence electrons. The standard InChI is InChI=1S/C11H18N4O3/c1-14(6-3-4-10(16)17)11(18)12-8-9-5-7-15(2)13-9/h5,7H,3-4,6,8H2,1-2H3,(H,12,18)(H,16,17). The van der Waals surface area contributed by atoms with Crippen molar-refractivity contribution in [2.24, 2.45) is 7.05 Å². The van der Waals surface area contributed by atoms with Crippen molar-refractivity contribution in [1.29, 1.82) is 0 Å². The fourth-order valence-electron chi connectivity index (χ4n) is 1.43. The van der Waals surface area contributed by atoms with Gasteiger partial charge in [0.15, 0.2) is 0 Å². The monoisotopic (exact) mass is 254 g/mol. The Labute approximate surface area is 105 Å². The summed E-state index contributed by atoms with van der Waals surface area (Å²) in [6.07, 6.45) is 2.32. The lowest BCUT2D eigenvalue weighted by atomic mass is 10.3. The number of carboxylic acid groups (broad SMARTS) is 1. The molecule has 7 nitrogen and oxygen atoms in total. The number of nitrogens with one attached hydrogen (secondary N) is 1. The molecule has 0 fully saturated rings. The molecule has 0 atom stereocenters. The van der Waals surface area contributed by atoms with E-state index in [1.807, 2.05) is 13.1 Å². The van der Waals surface area contributed by atoms with Crippen LogP contribution in [0.5, 0.6) is 0 Å². The SMILES string of the molecule is CN(CCCC(=O)O)C(=O)NCc1ccn(C)n1. The summed E-state index contributed by atoms with van der Waals surface area (Å²) in [6.45, 7) is 0.781. The molecule has 0 unspecified atom stereocenters. The van der Waals surface area contributed by atoms with Crippen LogP contribution in [0.1, 0.15) is 18.5 Å². The average Bonchev–Trinajstić information content (AvgIpc) is 2.71. The van der Waals surface area contributed by atoms with E-state index in [9.17, 15) is 9.59 Å². The minimum atomic E-state index is -0.850. The molecular formula is C11H18N4O3. The molecule has 2 N–H and O–H groups in total. The number of carbonyl (C=O) groups excluding carboxylic acids is 1. The first kappa shape index (κ1) is 14.0. The van der Waals surface area contributed by atoms with E-state index < -0.39 is 5.97 Å². The molecule has 0 bridgehead atoms. The van der Waals surface area contributed by atoms with Crippen LogP contribution in [-0.2, 0) is 18.4 Å². The van der Waals surface area contributed by atoms with Gasteiger partial charge in [0.05, 0.1) is 12.2 Å². The molecular weight excluding hydrogens is 236 g/mol. The lowest BCUT2D eigenvalue weighted by Gasteiger charge is -2.16. The number of aryl methyl sites for hydroxylation is 1. The quantitative estimate of drug-likeness (QED) is 0.770. The van der Waals surface area contributed by atoms with Crippen molar-refractivity contribution in [3.05, 3.63) is 18.0 Å². The number of hydrogen-bond acceptors (Lipinski definition) is 3. The van der Waals surface area contributed by atoms with Gasteiger partial charge in [0.2, 0.25) is 0 Å². The Kier molecular flexibility index (Phi) is 5.16. The Balaban J connectivity index is 2.25. The van der Waals surface area contributed by atoms with E-state index in [1.165, 1.54) is 4.90 Å². The number of nitrogens with zero attached hydrogens (tertiary/aromatic N) is 3. The molecule has 0 saturated heterocycles. The largest absolute Gasteiger partial charge is 0.481 e. The van der Waals surface area contributed by atoms with Gasteiger partial charge in [-0.25, -0.2) is 4.79 Å². The van der Waals surface area contributed by atoms with Crippen molar-refractivity contribution in [2.75, 3.05) is 13.6 Å². The van der Waals surface area contributed by atoms with Gasteiger partial charge in [-0.1, -0.05) is 0 Å². The van der Waals surface area contributed by atoms with Gasteiger partial charge in [0.1, 0.15) is 0 Å². The topological polar surface area (TPSA) is 87.5 Å². The summed E-state index contributed by atoms with van der Waals surface area (Å²) in [6, 6.07) is 1.59. The number of aromatic nitrogens is 2. The first-order valence-corrected chi connectivity index (χ1v) is 5.68.